The summed E-state index contributed by atoms with van der Waals surface area (Å²) in [5, 5.41) is 2.57. The number of amides is 3. The summed E-state index contributed by atoms with van der Waals surface area (Å²) in [6.45, 7) is 1.49. The molecule has 20 heavy (non-hydrogen) atoms. The first kappa shape index (κ1) is 15.4. The van der Waals surface area contributed by atoms with Crippen molar-refractivity contribution < 1.29 is 14.4 Å². The molecular formula is C14H17N3O3. The fourth-order valence-corrected chi connectivity index (χ4v) is 1.31. The number of hydrogen-bond acceptors (Lipinski definition) is 3. The Labute approximate surface area is 117 Å². The average Bonchev–Trinajstić information content (AvgIpc) is 2.44. The van der Waals surface area contributed by atoms with E-state index in [2.05, 4.69) is 16.2 Å². The van der Waals surface area contributed by atoms with E-state index in [4.69, 9.17) is 0 Å². The van der Waals surface area contributed by atoms with Gasteiger partial charge in [-0.15, -0.1) is 0 Å². The van der Waals surface area contributed by atoms with Crippen LogP contribution in [0.3, 0.4) is 0 Å². The molecule has 0 aliphatic carbocycles. The van der Waals surface area contributed by atoms with Gasteiger partial charge in [-0.25, -0.2) is 0 Å². The van der Waals surface area contributed by atoms with Crippen LogP contribution in [0.4, 0.5) is 0 Å². The van der Waals surface area contributed by atoms with Crippen LogP contribution in [-0.4, -0.2) is 24.3 Å². The topological polar surface area (TPSA) is 87.3 Å². The molecule has 1 aromatic rings. The Hall–Kier alpha value is -2.63. The van der Waals surface area contributed by atoms with E-state index in [1.165, 1.54) is 13.0 Å². The average molecular weight is 275 g/mol. The van der Waals surface area contributed by atoms with Gasteiger partial charge in [-0.2, -0.15) is 0 Å². The van der Waals surface area contributed by atoms with Gasteiger partial charge in [0, 0.05) is 26.0 Å². The zero-order valence-corrected chi connectivity index (χ0v) is 11.2. The quantitative estimate of drug-likeness (QED) is 0.536. The van der Waals surface area contributed by atoms with Crippen LogP contribution in [0.15, 0.2) is 36.4 Å². The van der Waals surface area contributed by atoms with Crippen LogP contribution in [0.1, 0.15) is 18.9 Å². The lowest BCUT2D eigenvalue weighted by Crippen LogP contribution is -2.41. The van der Waals surface area contributed by atoms with Gasteiger partial charge < -0.3 is 5.32 Å². The standard InChI is InChI=1S/C14H17N3O3/c1-11(18)16-17-14(20)9-10-15-13(19)8-7-12-5-3-2-4-6-12/h2-8H,9-10H2,1H3,(H,15,19)(H,16,18)(H,17,20). The highest BCUT2D eigenvalue weighted by molar-refractivity contribution is 5.92. The van der Waals surface area contributed by atoms with Gasteiger partial charge in [0.2, 0.25) is 17.7 Å². The largest absolute Gasteiger partial charge is 0.352 e. The van der Waals surface area contributed by atoms with E-state index in [1.54, 1.807) is 6.08 Å². The second-order valence-electron chi connectivity index (χ2n) is 4.01. The molecule has 0 heterocycles. The maximum atomic E-state index is 11.5. The molecule has 0 saturated carbocycles. The highest BCUT2D eigenvalue weighted by Crippen LogP contribution is 2.00. The second-order valence-corrected chi connectivity index (χ2v) is 4.01. The third-order valence-corrected chi connectivity index (χ3v) is 2.26. The molecule has 1 aromatic carbocycles. The lowest BCUT2D eigenvalue weighted by Gasteiger charge is -2.05. The molecule has 0 radical (unpaired) electrons. The molecule has 0 unspecified atom stereocenters. The zero-order chi connectivity index (χ0) is 14.8. The van der Waals surface area contributed by atoms with E-state index in [0.717, 1.165) is 5.56 Å². The molecule has 3 amide bonds. The zero-order valence-electron chi connectivity index (χ0n) is 11.2. The van der Waals surface area contributed by atoms with Crippen molar-refractivity contribution in [2.45, 2.75) is 13.3 Å². The van der Waals surface area contributed by atoms with Crippen molar-refractivity contribution in [3.05, 3.63) is 42.0 Å². The van der Waals surface area contributed by atoms with Gasteiger partial charge in [-0.3, -0.25) is 25.2 Å². The first-order chi connectivity index (χ1) is 9.58. The van der Waals surface area contributed by atoms with Crippen molar-refractivity contribution in [1.29, 1.82) is 0 Å². The highest BCUT2D eigenvalue weighted by Gasteiger charge is 2.02. The molecule has 0 aliphatic rings. The number of hydrazine groups is 1. The molecule has 106 valence electrons. The summed E-state index contributed by atoms with van der Waals surface area (Å²) >= 11 is 0. The van der Waals surface area contributed by atoms with Crippen LogP contribution in [0.2, 0.25) is 0 Å². The van der Waals surface area contributed by atoms with E-state index in [0.29, 0.717) is 0 Å². The van der Waals surface area contributed by atoms with Crippen LogP contribution >= 0.6 is 0 Å². The Bertz CT molecular complexity index is 498. The fourth-order valence-electron chi connectivity index (χ4n) is 1.31. The minimum absolute atomic E-state index is 0.0885. The van der Waals surface area contributed by atoms with Crippen LogP contribution < -0.4 is 16.2 Å². The van der Waals surface area contributed by atoms with E-state index in [9.17, 15) is 14.4 Å². The smallest absolute Gasteiger partial charge is 0.244 e. The van der Waals surface area contributed by atoms with Crippen LogP contribution in [0.25, 0.3) is 6.08 Å². The number of carbonyl (C=O) groups is 3. The first-order valence-corrected chi connectivity index (χ1v) is 6.14. The molecule has 0 aromatic heterocycles. The Balaban J connectivity index is 2.22. The van der Waals surface area contributed by atoms with Gasteiger partial charge in [-0.1, -0.05) is 30.3 Å². The fraction of sp³-hybridized carbons (Fsp3) is 0.214. The summed E-state index contributed by atoms with van der Waals surface area (Å²) < 4.78 is 0. The minimum atomic E-state index is -0.368. The maximum absolute atomic E-state index is 11.5. The van der Waals surface area contributed by atoms with Crippen molar-refractivity contribution in [2.24, 2.45) is 0 Å². The molecule has 6 heteroatoms. The number of nitrogens with one attached hydrogen (secondary N) is 3. The summed E-state index contributed by atoms with van der Waals surface area (Å²) in [6, 6.07) is 9.41. The van der Waals surface area contributed by atoms with Gasteiger partial charge in [0.05, 0.1) is 0 Å². The van der Waals surface area contributed by atoms with Crippen molar-refractivity contribution >= 4 is 23.8 Å². The van der Waals surface area contributed by atoms with E-state index in [-0.39, 0.29) is 30.7 Å². The van der Waals surface area contributed by atoms with Crippen molar-refractivity contribution in [3.63, 3.8) is 0 Å². The molecule has 3 N–H and O–H groups in total. The Morgan fingerprint density at radius 2 is 1.80 bits per heavy atom. The van der Waals surface area contributed by atoms with E-state index >= 15 is 0 Å². The summed E-state index contributed by atoms with van der Waals surface area (Å²) in [5.41, 5.74) is 5.29. The van der Waals surface area contributed by atoms with Crippen molar-refractivity contribution in [1.82, 2.24) is 16.2 Å². The maximum Gasteiger partial charge on any atom is 0.244 e. The van der Waals surface area contributed by atoms with Crippen molar-refractivity contribution in [3.8, 4) is 0 Å². The first-order valence-electron chi connectivity index (χ1n) is 6.14. The predicted octanol–water partition coefficient (Wildman–Crippen LogP) is 0.373. The summed E-state index contributed by atoms with van der Waals surface area (Å²) in [7, 11) is 0. The van der Waals surface area contributed by atoms with Crippen molar-refractivity contribution in [2.75, 3.05) is 6.54 Å². The third kappa shape index (κ3) is 6.95. The molecule has 0 fully saturated rings. The number of benzene rings is 1. The SMILES string of the molecule is CC(=O)NNC(=O)CCNC(=O)C=Cc1ccccc1. The lowest BCUT2D eigenvalue weighted by molar-refractivity contribution is -0.128. The molecule has 6 nitrogen and oxygen atoms in total. The Kier molecular flexibility index (Phi) is 6.53. The van der Waals surface area contributed by atoms with Gasteiger partial charge in [0.1, 0.15) is 0 Å². The van der Waals surface area contributed by atoms with Gasteiger partial charge >= 0.3 is 0 Å². The molecule has 0 saturated heterocycles. The second kappa shape index (κ2) is 8.47. The molecule has 0 aliphatic heterocycles. The van der Waals surface area contributed by atoms with Gasteiger partial charge in [0.25, 0.3) is 0 Å². The molecule has 0 atom stereocenters. The number of hydrogen-bond donors (Lipinski definition) is 3. The molecule has 0 bridgehead atoms. The Morgan fingerprint density at radius 3 is 2.45 bits per heavy atom. The predicted molar refractivity (Wildman–Crippen MR) is 75.1 cm³/mol. The van der Waals surface area contributed by atoms with Gasteiger partial charge in [0.15, 0.2) is 0 Å². The molecular weight excluding hydrogens is 258 g/mol. The van der Waals surface area contributed by atoms with E-state index in [1.807, 2.05) is 30.3 Å². The minimum Gasteiger partial charge on any atom is -0.352 e. The number of rotatable bonds is 5. The molecule has 0 spiro atoms. The van der Waals surface area contributed by atoms with Crippen LogP contribution in [0.5, 0.6) is 0 Å². The number of carbonyl (C=O) groups excluding carboxylic acids is 3. The normalized spacial score (nSPS) is 10.1. The summed E-state index contributed by atoms with van der Waals surface area (Å²) in [6.07, 6.45) is 3.18. The van der Waals surface area contributed by atoms with Gasteiger partial charge in [-0.05, 0) is 11.6 Å². The summed E-state index contributed by atoms with van der Waals surface area (Å²) in [4.78, 5) is 33.2. The Morgan fingerprint density at radius 1 is 1.10 bits per heavy atom. The van der Waals surface area contributed by atoms with E-state index < -0.39 is 0 Å². The van der Waals surface area contributed by atoms with Crippen LogP contribution in [-0.2, 0) is 14.4 Å². The monoisotopic (exact) mass is 275 g/mol. The lowest BCUT2D eigenvalue weighted by atomic mass is 10.2. The van der Waals surface area contributed by atoms with Crippen LogP contribution in [0, 0.1) is 0 Å². The third-order valence-electron chi connectivity index (χ3n) is 2.26. The highest BCUT2D eigenvalue weighted by atomic mass is 16.2. The molecule has 1 rings (SSSR count). The summed E-state index contributed by atoms with van der Waals surface area (Å²) in [5.74, 6) is -0.998.